The van der Waals surface area contributed by atoms with Crippen molar-refractivity contribution in [3.63, 3.8) is 0 Å². The van der Waals surface area contributed by atoms with Crippen molar-refractivity contribution in [3.05, 3.63) is 48.2 Å². The molecule has 0 saturated heterocycles. The fraction of sp³-hybridized carbons (Fsp3) is 0.0833. The van der Waals surface area contributed by atoms with E-state index in [-0.39, 0.29) is 4.90 Å². The second kappa shape index (κ2) is 4.85. The van der Waals surface area contributed by atoms with E-state index in [1.807, 2.05) is 6.07 Å². The molecular weight excluding hydrogens is 250 g/mol. The predicted molar refractivity (Wildman–Crippen MR) is 68.9 cm³/mol. The Bertz CT molecular complexity index is 651. The molecular formula is C12H13N3O2S. The van der Waals surface area contributed by atoms with Gasteiger partial charge >= 0.3 is 0 Å². The van der Waals surface area contributed by atoms with Crippen LogP contribution in [-0.4, -0.2) is 13.4 Å². The monoisotopic (exact) mass is 263 g/mol. The van der Waals surface area contributed by atoms with Gasteiger partial charge in [0, 0.05) is 18.3 Å². The van der Waals surface area contributed by atoms with Gasteiger partial charge in [0.05, 0.1) is 10.6 Å². The Hall–Kier alpha value is -1.76. The van der Waals surface area contributed by atoms with Gasteiger partial charge in [-0.25, -0.2) is 13.6 Å². The molecule has 1 heterocycles. The molecule has 2 aromatic rings. The van der Waals surface area contributed by atoms with Crippen molar-refractivity contribution in [2.75, 3.05) is 0 Å². The summed E-state index contributed by atoms with van der Waals surface area (Å²) < 4.78 is 22.5. The third kappa shape index (κ3) is 2.73. The summed E-state index contributed by atoms with van der Waals surface area (Å²) in [4.78, 5) is 4.30. The number of hydrogen-bond acceptors (Lipinski definition) is 4. The Kier molecular flexibility index (Phi) is 3.42. The number of nitrogens with zero attached hydrogens (tertiary/aromatic N) is 1. The molecule has 2 rings (SSSR count). The van der Waals surface area contributed by atoms with Crippen LogP contribution in [0, 0.1) is 0 Å². The van der Waals surface area contributed by atoms with Crippen molar-refractivity contribution in [1.29, 1.82) is 0 Å². The van der Waals surface area contributed by atoms with Crippen LogP contribution in [0.15, 0.2) is 47.5 Å². The average molecular weight is 263 g/mol. The van der Waals surface area contributed by atoms with Crippen molar-refractivity contribution in [1.82, 2.24) is 4.98 Å². The van der Waals surface area contributed by atoms with Crippen LogP contribution >= 0.6 is 0 Å². The minimum atomic E-state index is -3.69. The minimum absolute atomic E-state index is 0.0738. The van der Waals surface area contributed by atoms with Crippen molar-refractivity contribution >= 4 is 10.0 Å². The number of pyridine rings is 1. The lowest BCUT2D eigenvalue weighted by molar-refractivity contribution is 0.598. The van der Waals surface area contributed by atoms with E-state index in [0.29, 0.717) is 17.8 Å². The summed E-state index contributed by atoms with van der Waals surface area (Å²) in [6.07, 6.45) is 1.67. The summed E-state index contributed by atoms with van der Waals surface area (Å²) in [5, 5.41) is 5.08. The number of nitrogens with two attached hydrogens (primary N) is 2. The SMILES string of the molecule is NCc1ccc(-c2cccc(S(N)(=O)=O)c2)nc1. The van der Waals surface area contributed by atoms with Crippen LogP contribution in [0.1, 0.15) is 5.56 Å². The van der Waals surface area contributed by atoms with Gasteiger partial charge in [0.1, 0.15) is 0 Å². The van der Waals surface area contributed by atoms with Crippen molar-refractivity contribution < 1.29 is 8.42 Å². The lowest BCUT2D eigenvalue weighted by Gasteiger charge is -2.04. The molecule has 0 atom stereocenters. The van der Waals surface area contributed by atoms with E-state index < -0.39 is 10.0 Å². The number of benzene rings is 1. The number of rotatable bonds is 3. The number of hydrogen-bond donors (Lipinski definition) is 2. The van der Waals surface area contributed by atoms with Gasteiger partial charge < -0.3 is 5.73 Å². The first-order chi connectivity index (χ1) is 8.50. The van der Waals surface area contributed by atoms with Crippen LogP contribution < -0.4 is 10.9 Å². The van der Waals surface area contributed by atoms with E-state index in [1.54, 1.807) is 24.4 Å². The molecule has 1 aromatic carbocycles. The maximum Gasteiger partial charge on any atom is 0.238 e. The summed E-state index contributed by atoms with van der Waals surface area (Å²) in [7, 11) is -3.69. The second-order valence-electron chi connectivity index (χ2n) is 3.83. The maximum atomic E-state index is 11.3. The van der Waals surface area contributed by atoms with E-state index >= 15 is 0 Å². The molecule has 0 fully saturated rings. The third-order valence-electron chi connectivity index (χ3n) is 2.52. The zero-order valence-electron chi connectivity index (χ0n) is 9.58. The van der Waals surface area contributed by atoms with Gasteiger partial charge in [0.15, 0.2) is 0 Å². The molecule has 5 nitrogen and oxygen atoms in total. The molecule has 0 radical (unpaired) electrons. The van der Waals surface area contributed by atoms with Crippen molar-refractivity contribution in [3.8, 4) is 11.3 Å². The van der Waals surface area contributed by atoms with Gasteiger partial charge in [0.2, 0.25) is 10.0 Å². The largest absolute Gasteiger partial charge is 0.326 e. The van der Waals surface area contributed by atoms with Gasteiger partial charge in [0.25, 0.3) is 0 Å². The molecule has 0 spiro atoms. The number of primary sulfonamides is 1. The first-order valence-electron chi connectivity index (χ1n) is 5.29. The molecule has 0 aliphatic carbocycles. The van der Waals surface area contributed by atoms with E-state index in [4.69, 9.17) is 10.9 Å². The Morgan fingerprint density at radius 1 is 1.17 bits per heavy atom. The van der Waals surface area contributed by atoms with Gasteiger partial charge in [-0.3, -0.25) is 4.98 Å². The molecule has 6 heteroatoms. The van der Waals surface area contributed by atoms with Gasteiger partial charge in [-0.2, -0.15) is 0 Å². The zero-order valence-corrected chi connectivity index (χ0v) is 10.4. The molecule has 0 aliphatic heterocycles. The quantitative estimate of drug-likeness (QED) is 0.857. The minimum Gasteiger partial charge on any atom is -0.326 e. The summed E-state index contributed by atoms with van der Waals surface area (Å²) in [6.45, 7) is 0.421. The topological polar surface area (TPSA) is 99.1 Å². The highest BCUT2D eigenvalue weighted by atomic mass is 32.2. The average Bonchev–Trinajstić information content (AvgIpc) is 2.38. The highest BCUT2D eigenvalue weighted by Gasteiger charge is 2.09. The Labute approximate surface area is 106 Å². The molecule has 0 aliphatic rings. The van der Waals surface area contributed by atoms with E-state index in [0.717, 1.165) is 5.56 Å². The molecule has 0 unspecified atom stereocenters. The summed E-state index contributed by atoms with van der Waals surface area (Å²) in [6, 6.07) is 10.0. The number of aromatic nitrogens is 1. The lowest BCUT2D eigenvalue weighted by Crippen LogP contribution is -2.11. The zero-order chi connectivity index (χ0) is 13.2. The fourth-order valence-corrected chi connectivity index (χ4v) is 2.11. The molecule has 18 heavy (non-hydrogen) atoms. The number of sulfonamides is 1. The van der Waals surface area contributed by atoms with Crippen LogP contribution in [-0.2, 0) is 16.6 Å². The van der Waals surface area contributed by atoms with E-state index in [9.17, 15) is 8.42 Å². The predicted octanol–water partition coefficient (Wildman–Crippen LogP) is 0.855. The fourth-order valence-electron chi connectivity index (χ4n) is 1.55. The molecule has 0 saturated carbocycles. The van der Waals surface area contributed by atoms with Crippen LogP contribution in [0.5, 0.6) is 0 Å². The molecule has 4 N–H and O–H groups in total. The second-order valence-corrected chi connectivity index (χ2v) is 5.39. The van der Waals surface area contributed by atoms with Gasteiger partial charge in [-0.15, -0.1) is 0 Å². The standard InChI is InChI=1S/C12H13N3O2S/c13-7-9-4-5-12(15-8-9)10-2-1-3-11(6-10)18(14,16)17/h1-6,8H,7,13H2,(H2,14,16,17). The normalized spacial score (nSPS) is 11.4. The van der Waals surface area contributed by atoms with Crippen LogP contribution in [0.25, 0.3) is 11.3 Å². The first-order valence-corrected chi connectivity index (χ1v) is 6.83. The summed E-state index contributed by atoms with van der Waals surface area (Å²) in [5.74, 6) is 0. The highest BCUT2D eigenvalue weighted by molar-refractivity contribution is 7.89. The molecule has 1 aromatic heterocycles. The first kappa shape index (κ1) is 12.7. The highest BCUT2D eigenvalue weighted by Crippen LogP contribution is 2.20. The van der Waals surface area contributed by atoms with E-state index in [2.05, 4.69) is 4.98 Å². The third-order valence-corrected chi connectivity index (χ3v) is 3.43. The van der Waals surface area contributed by atoms with Crippen molar-refractivity contribution in [2.24, 2.45) is 10.9 Å². The molecule has 0 amide bonds. The van der Waals surface area contributed by atoms with Crippen LogP contribution in [0.3, 0.4) is 0 Å². The summed E-state index contributed by atoms with van der Waals surface area (Å²) in [5.41, 5.74) is 7.78. The molecule has 94 valence electrons. The van der Waals surface area contributed by atoms with Gasteiger partial charge in [-0.05, 0) is 23.8 Å². The molecule has 0 bridgehead atoms. The van der Waals surface area contributed by atoms with Crippen molar-refractivity contribution in [2.45, 2.75) is 11.4 Å². The van der Waals surface area contributed by atoms with Crippen LogP contribution in [0.2, 0.25) is 0 Å². The smallest absolute Gasteiger partial charge is 0.238 e. The Balaban J connectivity index is 2.44. The Morgan fingerprint density at radius 2 is 1.94 bits per heavy atom. The Morgan fingerprint density at radius 3 is 2.50 bits per heavy atom. The van der Waals surface area contributed by atoms with Gasteiger partial charge in [-0.1, -0.05) is 18.2 Å². The lowest BCUT2D eigenvalue weighted by atomic mass is 10.1. The summed E-state index contributed by atoms with van der Waals surface area (Å²) >= 11 is 0. The maximum absolute atomic E-state index is 11.3. The van der Waals surface area contributed by atoms with Crippen LogP contribution in [0.4, 0.5) is 0 Å². The van der Waals surface area contributed by atoms with E-state index in [1.165, 1.54) is 12.1 Å².